The molecule has 0 aliphatic carbocycles. The SMILES string of the molecule is CCN(CC)CCNC(=O)c1cc2cnccc2nc1N. The molecule has 0 bridgehead atoms. The zero-order valence-corrected chi connectivity index (χ0v) is 12.5. The topological polar surface area (TPSA) is 84.1 Å². The minimum atomic E-state index is -0.196. The largest absolute Gasteiger partial charge is 0.383 e. The number of aromatic nitrogens is 2. The van der Waals surface area contributed by atoms with Crippen LogP contribution in [-0.4, -0.2) is 47.0 Å². The number of hydrogen-bond acceptors (Lipinski definition) is 5. The zero-order chi connectivity index (χ0) is 15.2. The summed E-state index contributed by atoms with van der Waals surface area (Å²) in [5.74, 6) is 0.0481. The molecule has 0 spiro atoms. The van der Waals surface area contributed by atoms with Gasteiger partial charge in [0.15, 0.2) is 0 Å². The van der Waals surface area contributed by atoms with Crippen LogP contribution in [0.25, 0.3) is 10.9 Å². The van der Waals surface area contributed by atoms with Crippen LogP contribution in [0.1, 0.15) is 24.2 Å². The van der Waals surface area contributed by atoms with E-state index >= 15 is 0 Å². The summed E-state index contributed by atoms with van der Waals surface area (Å²) >= 11 is 0. The summed E-state index contributed by atoms with van der Waals surface area (Å²) in [7, 11) is 0. The molecule has 21 heavy (non-hydrogen) atoms. The second-order valence-corrected chi connectivity index (χ2v) is 4.77. The number of fused-ring (bicyclic) bond motifs is 1. The first-order valence-corrected chi connectivity index (χ1v) is 7.16. The number of pyridine rings is 2. The minimum absolute atomic E-state index is 0.196. The Morgan fingerprint density at radius 1 is 1.38 bits per heavy atom. The van der Waals surface area contributed by atoms with E-state index in [0.717, 1.165) is 30.5 Å². The van der Waals surface area contributed by atoms with E-state index in [4.69, 9.17) is 5.73 Å². The Kier molecular flexibility index (Phi) is 5.05. The van der Waals surface area contributed by atoms with Crippen molar-refractivity contribution in [2.75, 3.05) is 31.9 Å². The third kappa shape index (κ3) is 3.66. The first kappa shape index (κ1) is 15.2. The highest BCUT2D eigenvalue weighted by Gasteiger charge is 2.12. The van der Waals surface area contributed by atoms with Crippen LogP contribution in [0.15, 0.2) is 24.5 Å². The van der Waals surface area contributed by atoms with Gasteiger partial charge in [-0.15, -0.1) is 0 Å². The third-order valence-electron chi connectivity index (χ3n) is 3.50. The van der Waals surface area contributed by atoms with Gasteiger partial charge >= 0.3 is 0 Å². The third-order valence-corrected chi connectivity index (χ3v) is 3.50. The molecule has 0 unspecified atom stereocenters. The molecule has 6 nitrogen and oxygen atoms in total. The van der Waals surface area contributed by atoms with Crippen molar-refractivity contribution < 1.29 is 4.79 Å². The average molecular weight is 287 g/mol. The van der Waals surface area contributed by atoms with Crippen LogP contribution >= 0.6 is 0 Å². The molecule has 0 aliphatic heterocycles. The van der Waals surface area contributed by atoms with Crippen molar-refractivity contribution in [3.63, 3.8) is 0 Å². The lowest BCUT2D eigenvalue weighted by atomic mass is 10.1. The van der Waals surface area contributed by atoms with E-state index in [-0.39, 0.29) is 11.7 Å². The summed E-state index contributed by atoms with van der Waals surface area (Å²) in [6.45, 7) is 7.55. The van der Waals surface area contributed by atoms with E-state index in [2.05, 4.69) is 34.0 Å². The normalized spacial score (nSPS) is 11.0. The van der Waals surface area contributed by atoms with Crippen molar-refractivity contribution >= 4 is 22.6 Å². The molecule has 3 N–H and O–H groups in total. The Morgan fingerprint density at radius 3 is 2.86 bits per heavy atom. The maximum atomic E-state index is 12.2. The van der Waals surface area contributed by atoms with Crippen LogP contribution < -0.4 is 11.1 Å². The highest BCUT2D eigenvalue weighted by Crippen LogP contribution is 2.17. The molecule has 112 valence electrons. The van der Waals surface area contributed by atoms with Crippen molar-refractivity contribution in [3.05, 3.63) is 30.1 Å². The van der Waals surface area contributed by atoms with E-state index in [9.17, 15) is 4.79 Å². The molecule has 1 amide bonds. The van der Waals surface area contributed by atoms with Gasteiger partial charge in [-0.05, 0) is 25.2 Å². The fourth-order valence-electron chi connectivity index (χ4n) is 2.18. The highest BCUT2D eigenvalue weighted by atomic mass is 16.1. The molecule has 6 heteroatoms. The summed E-state index contributed by atoms with van der Waals surface area (Å²) in [4.78, 5) is 22.7. The number of amides is 1. The number of carbonyl (C=O) groups is 1. The predicted octanol–water partition coefficient (Wildman–Crippen LogP) is 1.28. The van der Waals surface area contributed by atoms with Crippen molar-refractivity contribution in [1.82, 2.24) is 20.2 Å². The Morgan fingerprint density at radius 2 is 2.14 bits per heavy atom. The van der Waals surface area contributed by atoms with Gasteiger partial charge in [-0.3, -0.25) is 9.78 Å². The Bertz CT molecular complexity index is 624. The number of nitrogens with two attached hydrogens (primary N) is 1. The Labute approximate surface area is 124 Å². The Hall–Kier alpha value is -2.21. The van der Waals surface area contributed by atoms with Crippen molar-refractivity contribution in [2.45, 2.75) is 13.8 Å². The van der Waals surface area contributed by atoms with Crippen LogP contribution in [0, 0.1) is 0 Å². The molecular formula is C15H21N5O. The van der Waals surface area contributed by atoms with Gasteiger partial charge in [0.05, 0.1) is 11.1 Å². The van der Waals surface area contributed by atoms with E-state index < -0.39 is 0 Å². The zero-order valence-electron chi connectivity index (χ0n) is 12.5. The van der Waals surface area contributed by atoms with E-state index in [1.807, 2.05) is 0 Å². The maximum Gasteiger partial charge on any atom is 0.255 e. The van der Waals surface area contributed by atoms with Gasteiger partial charge in [0.2, 0.25) is 0 Å². The second-order valence-electron chi connectivity index (χ2n) is 4.77. The first-order chi connectivity index (χ1) is 10.2. The Balaban J connectivity index is 2.07. The van der Waals surface area contributed by atoms with Crippen LogP contribution in [0.4, 0.5) is 5.82 Å². The summed E-state index contributed by atoms with van der Waals surface area (Å²) < 4.78 is 0. The molecule has 0 radical (unpaired) electrons. The molecule has 0 aromatic carbocycles. The van der Waals surface area contributed by atoms with Crippen molar-refractivity contribution in [3.8, 4) is 0 Å². The summed E-state index contributed by atoms with van der Waals surface area (Å²) in [5, 5.41) is 3.69. The van der Waals surface area contributed by atoms with Crippen LogP contribution in [0.2, 0.25) is 0 Å². The molecule has 0 aliphatic rings. The maximum absolute atomic E-state index is 12.2. The number of carbonyl (C=O) groups excluding carboxylic acids is 1. The number of nitrogens with one attached hydrogen (secondary N) is 1. The van der Waals surface area contributed by atoms with Crippen molar-refractivity contribution in [1.29, 1.82) is 0 Å². The fourth-order valence-corrected chi connectivity index (χ4v) is 2.18. The minimum Gasteiger partial charge on any atom is -0.383 e. The van der Waals surface area contributed by atoms with E-state index in [0.29, 0.717) is 12.1 Å². The lowest BCUT2D eigenvalue weighted by Crippen LogP contribution is -2.35. The summed E-state index contributed by atoms with van der Waals surface area (Å²) in [5.41, 5.74) is 7.00. The lowest BCUT2D eigenvalue weighted by Gasteiger charge is -2.18. The number of rotatable bonds is 6. The number of nitrogens with zero attached hydrogens (tertiary/aromatic N) is 3. The smallest absolute Gasteiger partial charge is 0.255 e. The number of nitrogen functional groups attached to an aromatic ring is 1. The van der Waals surface area contributed by atoms with Gasteiger partial charge in [-0.25, -0.2) is 4.98 Å². The molecule has 2 aromatic heterocycles. The van der Waals surface area contributed by atoms with Gasteiger partial charge in [0.1, 0.15) is 5.82 Å². The molecule has 2 aromatic rings. The molecule has 0 saturated carbocycles. The average Bonchev–Trinajstić information content (AvgIpc) is 2.50. The summed E-state index contributed by atoms with van der Waals surface area (Å²) in [6, 6.07) is 3.51. The molecule has 0 fully saturated rings. The predicted molar refractivity (Wildman–Crippen MR) is 84.1 cm³/mol. The number of anilines is 1. The van der Waals surface area contributed by atoms with Gasteiger partial charge in [0.25, 0.3) is 5.91 Å². The van der Waals surface area contributed by atoms with Gasteiger partial charge in [-0.2, -0.15) is 0 Å². The molecular weight excluding hydrogens is 266 g/mol. The monoisotopic (exact) mass is 287 g/mol. The molecule has 2 rings (SSSR count). The molecule has 2 heterocycles. The van der Waals surface area contributed by atoms with E-state index in [1.54, 1.807) is 24.5 Å². The van der Waals surface area contributed by atoms with Crippen LogP contribution in [-0.2, 0) is 0 Å². The van der Waals surface area contributed by atoms with Gasteiger partial charge in [0, 0.05) is 30.9 Å². The second kappa shape index (κ2) is 6.99. The lowest BCUT2D eigenvalue weighted by molar-refractivity contribution is 0.0949. The molecule has 0 saturated heterocycles. The van der Waals surface area contributed by atoms with E-state index in [1.165, 1.54) is 0 Å². The summed E-state index contributed by atoms with van der Waals surface area (Å²) in [6.07, 6.45) is 3.33. The number of hydrogen-bond donors (Lipinski definition) is 2. The van der Waals surface area contributed by atoms with Gasteiger partial charge in [-0.1, -0.05) is 13.8 Å². The first-order valence-electron chi connectivity index (χ1n) is 7.16. The van der Waals surface area contributed by atoms with Gasteiger partial charge < -0.3 is 16.0 Å². The van der Waals surface area contributed by atoms with Crippen LogP contribution in [0.5, 0.6) is 0 Å². The fraction of sp³-hybridized carbons (Fsp3) is 0.400. The van der Waals surface area contributed by atoms with Crippen LogP contribution in [0.3, 0.4) is 0 Å². The highest BCUT2D eigenvalue weighted by molar-refractivity contribution is 6.01. The molecule has 0 atom stereocenters. The van der Waals surface area contributed by atoms with Crippen molar-refractivity contribution in [2.24, 2.45) is 0 Å². The number of likely N-dealkylation sites (N-methyl/N-ethyl adjacent to an activating group) is 1. The standard InChI is InChI=1S/C15H21N5O/c1-3-20(4-2)8-7-18-15(21)12-9-11-10-17-6-5-13(11)19-14(12)16/h5-6,9-10H,3-4,7-8H2,1-2H3,(H2,16,19)(H,18,21). The quantitative estimate of drug-likeness (QED) is 0.836.